The fourth-order valence-electron chi connectivity index (χ4n) is 1.57. The molecule has 0 aliphatic carbocycles. The van der Waals surface area contributed by atoms with Gasteiger partial charge in [-0.15, -0.1) is 0 Å². The average Bonchev–Trinajstić information content (AvgIpc) is 2.26. The van der Waals surface area contributed by atoms with Gasteiger partial charge in [0.15, 0.2) is 0 Å². The molecule has 1 aromatic carbocycles. The molecule has 0 saturated heterocycles. The van der Waals surface area contributed by atoms with Crippen molar-refractivity contribution >= 4 is 11.6 Å². The van der Waals surface area contributed by atoms with Crippen LogP contribution in [0.2, 0.25) is 5.02 Å². The summed E-state index contributed by atoms with van der Waals surface area (Å²) in [6.45, 7) is 6.51. The molecule has 0 bridgehead atoms. The Labute approximate surface area is 113 Å². The number of benzene rings is 1. The summed E-state index contributed by atoms with van der Waals surface area (Å²) in [7, 11) is 1.84. The molecule has 0 aliphatic rings. The molecule has 2 nitrogen and oxygen atoms in total. The minimum atomic E-state index is -0.265. The molecule has 0 amide bonds. The molecule has 0 spiro atoms. The zero-order valence-corrected chi connectivity index (χ0v) is 12.1. The summed E-state index contributed by atoms with van der Waals surface area (Å²) in [5.74, 6) is -0.265. The van der Waals surface area contributed by atoms with Crippen LogP contribution < -0.4 is 5.32 Å². The van der Waals surface area contributed by atoms with Crippen LogP contribution in [0.15, 0.2) is 18.2 Å². The first-order valence-electron chi connectivity index (χ1n) is 6.07. The molecule has 1 aromatic rings. The first-order valence-corrected chi connectivity index (χ1v) is 6.45. The van der Waals surface area contributed by atoms with Gasteiger partial charge in [0.1, 0.15) is 5.82 Å². The standard InChI is InChI=1S/C14H21ClFNO/c1-14(2,3)18-9-10(17-4)8-11-12(15)6-5-7-13(11)16/h5-7,10,17H,8-9H2,1-4H3. The van der Waals surface area contributed by atoms with Crippen molar-refractivity contribution in [2.75, 3.05) is 13.7 Å². The van der Waals surface area contributed by atoms with Crippen molar-refractivity contribution in [2.24, 2.45) is 0 Å². The van der Waals surface area contributed by atoms with Crippen LogP contribution in [0, 0.1) is 5.82 Å². The molecule has 18 heavy (non-hydrogen) atoms. The molecule has 1 N–H and O–H groups in total. The predicted octanol–water partition coefficient (Wildman–Crippen LogP) is 3.42. The molecule has 0 aliphatic heterocycles. The highest BCUT2D eigenvalue weighted by Crippen LogP contribution is 2.21. The molecular weight excluding hydrogens is 253 g/mol. The average molecular weight is 274 g/mol. The lowest BCUT2D eigenvalue weighted by Crippen LogP contribution is -2.36. The van der Waals surface area contributed by atoms with E-state index in [0.717, 1.165) is 0 Å². The topological polar surface area (TPSA) is 21.3 Å². The zero-order valence-electron chi connectivity index (χ0n) is 11.4. The maximum atomic E-state index is 13.7. The van der Waals surface area contributed by atoms with Crippen LogP contribution >= 0.6 is 11.6 Å². The smallest absolute Gasteiger partial charge is 0.127 e. The van der Waals surface area contributed by atoms with E-state index in [9.17, 15) is 4.39 Å². The lowest BCUT2D eigenvalue weighted by Gasteiger charge is -2.24. The fraction of sp³-hybridized carbons (Fsp3) is 0.571. The number of nitrogens with one attached hydrogen (secondary N) is 1. The van der Waals surface area contributed by atoms with Gasteiger partial charge in [0.2, 0.25) is 0 Å². The number of ether oxygens (including phenoxy) is 1. The Hall–Kier alpha value is -0.640. The minimum Gasteiger partial charge on any atom is -0.374 e. The van der Waals surface area contributed by atoms with Crippen LogP contribution in [0.25, 0.3) is 0 Å². The highest BCUT2D eigenvalue weighted by atomic mass is 35.5. The lowest BCUT2D eigenvalue weighted by molar-refractivity contribution is -0.0135. The maximum Gasteiger partial charge on any atom is 0.127 e. The minimum absolute atomic E-state index is 0.0404. The summed E-state index contributed by atoms with van der Waals surface area (Å²) >= 11 is 6.01. The van der Waals surface area contributed by atoms with E-state index in [-0.39, 0.29) is 17.5 Å². The first kappa shape index (κ1) is 15.4. The van der Waals surface area contributed by atoms with E-state index in [1.807, 2.05) is 27.8 Å². The first-order chi connectivity index (χ1) is 8.33. The van der Waals surface area contributed by atoms with Gasteiger partial charge in [0.25, 0.3) is 0 Å². The van der Waals surface area contributed by atoms with Gasteiger partial charge in [0, 0.05) is 16.6 Å². The second-order valence-electron chi connectivity index (χ2n) is 5.31. The van der Waals surface area contributed by atoms with Crippen molar-refractivity contribution in [3.8, 4) is 0 Å². The molecule has 102 valence electrons. The quantitative estimate of drug-likeness (QED) is 0.888. The van der Waals surface area contributed by atoms with Gasteiger partial charge in [-0.1, -0.05) is 17.7 Å². The van der Waals surface area contributed by atoms with Gasteiger partial charge in [-0.2, -0.15) is 0 Å². The van der Waals surface area contributed by atoms with Crippen LogP contribution in [0.3, 0.4) is 0 Å². The van der Waals surface area contributed by atoms with E-state index in [0.29, 0.717) is 23.6 Å². The van der Waals surface area contributed by atoms with E-state index < -0.39 is 0 Å². The molecular formula is C14H21ClFNO. The predicted molar refractivity (Wildman–Crippen MR) is 73.7 cm³/mol. The Kier molecular flexibility index (Phi) is 5.57. The number of rotatable bonds is 5. The zero-order chi connectivity index (χ0) is 13.8. The third kappa shape index (κ3) is 4.92. The third-order valence-electron chi connectivity index (χ3n) is 2.64. The maximum absolute atomic E-state index is 13.7. The molecule has 0 heterocycles. The SMILES string of the molecule is CNC(COC(C)(C)C)Cc1c(F)cccc1Cl. The van der Waals surface area contributed by atoms with E-state index in [1.54, 1.807) is 12.1 Å². The molecule has 0 aromatic heterocycles. The van der Waals surface area contributed by atoms with Gasteiger partial charge in [-0.3, -0.25) is 0 Å². The van der Waals surface area contributed by atoms with Crippen LogP contribution in [0.5, 0.6) is 0 Å². The fourth-order valence-corrected chi connectivity index (χ4v) is 1.81. The highest BCUT2D eigenvalue weighted by Gasteiger charge is 2.17. The van der Waals surface area contributed by atoms with Crippen LogP contribution in [0.4, 0.5) is 4.39 Å². The Morgan fingerprint density at radius 2 is 2.06 bits per heavy atom. The summed E-state index contributed by atoms with van der Waals surface area (Å²) in [6.07, 6.45) is 0.512. The Morgan fingerprint density at radius 1 is 1.39 bits per heavy atom. The van der Waals surface area contributed by atoms with Gasteiger partial charge in [-0.05, 0) is 46.4 Å². The van der Waals surface area contributed by atoms with Crippen molar-refractivity contribution in [1.82, 2.24) is 5.32 Å². The molecule has 4 heteroatoms. The van der Waals surface area contributed by atoms with Crippen LogP contribution in [0.1, 0.15) is 26.3 Å². The third-order valence-corrected chi connectivity index (χ3v) is 2.99. The van der Waals surface area contributed by atoms with Gasteiger partial charge in [0.05, 0.1) is 12.2 Å². The highest BCUT2D eigenvalue weighted by molar-refractivity contribution is 6.31. The second kappa shape index (κ2) is 6.50. The van der Waals surface area contributed by atoms with Crippen molar-refractivity contribution in [3.05, 3.63) is 34.6 Å². The van der Waals surface area contributed by atoms with Crippen molar-refractivity contribution < 1.29 is 9.13 Å². The number of halogens is 2. The van der Waals surface area contributed by atoms with Gasteiger partial charge < -0.3 is 10.1 Å². The Balaban J connectivity index is 2.68. The number of hydrogen-bond donors (Lipinski definition) is 1. The summed E-state index contributed by atoms with van der Waals surface area (Å²) in [4.78, 5) is 0. The second-order valence-corrected chi connectivity index (χ2v) is 5.72. The Bertz CT molecular complexity index is 370. The molecule has 1 unspecified atom stereocenters. The molecule has 1 rings (SSSR count). The van der Waals surface area contributed by atoms with E-state index >= 15 is 0 Å². The van der Waals surface area contributed by atoms with Gasteiger partial charge >= 0.3 is 0 Å². The van der Waals surface area contributed by atoms with Crippen molar-refractivity contribution in [3.63, 3.8) is 0 Å². The Morgan fingerprint density at radius 3 is 2.56 bits per heavy atom. The van der Waals surface area contributed by atoms with E-state index in [2.05, 4.69) is 5.32 Å². The van der Waals surface area contributed by atoms with Crippen molar-refractivity contribution in [1.29, 1.82) is 0 Å². The summed E-state index contributed by atoms with van der Waals surface area (Å²) in [5, 5.41) is 3.59. The summed E-state index contributed by atoms with van der Waals surface area (Å²) < 4.78 is 19.4. The normalized spacial score (nSPS) is 13.7. The molecule has 0 fully saturated rings. The van der Waals surface area contributed by atoms with E-state index in [1.165, 1.54) is 6.07 Å². The summed E-state index contributed by atoms with van der Waals surface area (Å²) in [5.41, 5.74) is 0.338. The summed E-state index contributed by atoms with van der Waals surface area (Å²) in [6, 6.07) is 4.79. The largest absolute Gasteiger partial charge is 0.374 e. The monoisotopic (exact) mass is 273 g/mol. The number of hydrogen-bond acceptors (Lipinski definition) is 2. The van der Waals surface area contributed by atoms with Crippen LogP contribution in [-0.2, 0) is 11.2 Å². The molecule has 0 saturated carbocycles. The van der Waals surface area contributed by atoms with E-state index in [4.69, 9.17) is 16.3 Å². The van der Waals surface area contributed by atoms with Crippen LogP contribution in [-0.4, -0.2) is 25.3 Å². The van der Waals surface area contributed by atoms with Gasteiger partial charge in [-0.25, -0.2) is 4.39 Å². The number of likely N-dealkylation sites (N-methyl/N-ethyl adjacent to an activating group) is 1. The van der Waals surface area contributed by atoms with Crippen molar-refractivity contribution in [2.45, 2.75) is 38.8 Å². The lowest BCUT2D eigenvalue weighted by atomic mass is 10.1. The molecule has 1 atom stereocenters. The molecule has 0 radical (unpaired) electrons.